The number of ether oxygens (including phenoxy) is 1. The maximum Gasteiger partial charge on any atom is 0.120 e. The lowest BCUT2D eigenvalue weighted by molar-refractivity contribution is 0.0200. The van der Waals surface area contributed by atoms with E-state index in [1.165, 1.54) is 24.9 Å². The summed E-state index contributed by atoms with van der Waals surface area (Å²) in [4.78, 5) is 2.77. The van der Waals surface area contributed by atoms with Gasteiger partial charge in [-0.3, -0.25) is 4.90 Å². The molecule has 0 saturated carbocycles. The van der Waals surface area contributed by atoms with Gasteiger partial charge in [-0.15, -0.1) is 0 Å². The third kappa shape index (κ3) is 7.31. The average molecular weight is 402 g/mol. The van der Waals surface area contributed by atoms with Crippen molar-refractivity contribution in [3.8, 4) is 5.75 Å². The molecule has 1 unspecified atom stereocenters. The zero-order valence-electron chi connectivity index (χ0n) is 21.0. The summed E-state index contributed by atoms with van der Waals surface area (Å²) >= 11 is 0. The first-order valence-corrected chi connectivity index (χ1v) is 11.6. The van der Waals surface area contributed by atoms with Crippen LogP contribution in [0.3, 0.4) is 0 Å². The fourth-order valence-corrected chi connectivity index (χ4v) is 4.80. The summed E-state index contributed by atoms with van der Waals surface area (Å²) in [5.74, 6) is 0.985. The van der Waals surface area contributed by atoms with Crippen molar-refractivity contribution in [1.82, 2.24) is 4.90 Å². The van der Waals surface area contributed by atoms with Gasteiger partial charge in [0.2, 0.25) is 0 Å². The molecule has 29 heavy (non-hydrogen) atoms. The number of benzene rings is 1. The molecule has 166 valence electrons. The van der Waals surface area contributed by atoms with Gasteiger partial charge in [-0.25, -0.2) is 0 Å². The lowest BCUT2D eigenvalue weighted by Crippen LogP contribution is -2.52. The van der Waals surface area contributed by atoms with Gasteiger partial charge in [0.15, 0.2) is 0 Å². The SMILES string of the molecule is CC(C)(C)Cc1ccc(OC(C)(C)CCC(C)(C)N2CCCC2C(C)(C)C)cc1. The molecule has 2 nitrogen and oxygen atoms in total. The highest BCUT2D eigenvalue weighted by atomic mass is 16.5. The van der Waals surface area contributed by atoms with Gasteiger partial charge in [0, 0.05) is 11.6 Å². The molecule has 1 aliphatic rings. The summed E-state index contributed by atoms with van der Waals surface area (Å²) in [6.45, 7) is 24.6. The third-order valence-electron chi connectivity index (χ3n) is 6.42. The summed E-state index contributed by atoms with van der Waals surface area (Å²) in [6.07, 6.45) is 5.95. The maximum absolute atomic E-state index is 6.42. The minimum Gasteiger partial charge on any atom is -0.488 e. The first kappa shape index (κ1) is 24.3. The van der Waals surface area contributed by atoms with E-state index in [9.17, 15) is 0 Å². The van der Waals surface area contributed by atoms with E-state index in [0.717, 1.165) is 25.0 Å². The average Bonchev–Trinajstić information content (AvgIpc) is 3.04. The predicted molar refractivity (Wildman–Crippen MR) is 127 cm³/mol. The Kier molecular flexibility index (Phi) is 7.20. The molecule has 0 N–H and O–H groups in total. The van der Waals surface area contributed by atoms with Gasteiger partial charge in [-0.1, -0.05) is 53.7 Å². The van der Waals surface area contributed by atoms with Crippen molar-refractivity contribution in [2.24, 2.45) is 10.8 Å². The van der Waals surface area contributed by atoms with Crippen LogP contribution in [0.25, 0.3) is 0 Å². The first-order valence-electron chi connectivity index (χ1n) is 11.6. The normalized spacial score (nSPS) is 19.6. The van der Waals surface area contributed by atoms with Crippen LogP contribution in [0, 0.1) is 10.8 Å². The highest BCUT2D eigenvalue weighted by Crippen LogP contribution is 2.39. The molecule has 1 heterocycles. The van der Waals surface area contributed by atoms with E-state index in [1.54, 1.807) is 0 Å². The molecular weight excluding hydrogens is 354 g/mol. The Hall–Kier alpha value is -1.02. The van der Waals surface area contributed by atoms with E-state index < -0.39 is 0 Å². The Morgan fingerprint density at radius 1 is 0.862 bits per heavy atom. The van der Waals surface area contributed by atoms with Gasteiger partial charge in [-0.2, -0.15) is 0 Å². The van der Waals surface area contributed by atoms with Crippen molar-refractivity contribution in [2.45, 2.75) is 119 Å². The van der Waals surface area contributed by atoms with Crippen molar-refractivity contribution >= 4 is 0 Å². The number of rotatable bonds is 7. The number of hydrogen-bond donors (Lipinski definition) is 0. The van der Waals surface area contributed by atoms with Crippen LogP contribution >= 0.6 is 0 Å². The molecule has 0 radical (unpaired) electrons. The minimum absolute atomic E-state index is 0.167. The van der Waals surface area contributed by atoms with E-state index in [4.69, 9.17) is 4.74 Å². The Balaban J connectivity index is 1.96. The van der Waals surface area contributed by atoms with Crippen molar-refractivity contribution in [3.05, 3.63) is 29.8 Å². The van der Waals surface area contributed by atoms with Crippen LogP contribution in [0.2, 0.25) is 0 Å². The molecule has 1 aromatic carbocycles. The standard InChI is InChI=1S/C27H47NO/c1-24(2,3)20-21-13-15-22(16-14-21)29-27(9,10)18-17-26(7,8)28-19-11-12-23(28)25(4,5)6/h13-16,23H,11-12,17-20H2,1-10H3. The second-order valence-electron chi connectivity index (χ2n) is 12.8. The Morgan fingerprint density at radius 2 is 1.45 bits per heavy atom. The molecule has 0 bridgehead atoms. The summed E-state index contributed by atoms with van der Waals surface area (Å²) in [6, 6.07) is 9.41. The summed E-state index contributed by atoms with van der Waals surface area (Å²) < 4.78 is 6.42. The van der Waals surface area contributed by atoms with Gasteiger partial charge >= 0.3 is 0 Å². The van der Waals surface area contributed by atoms with Gasteiger partial charge in [-0.05, 0) is 94.9 Å². The summed E-state index contributed by atoms with van der Waals surface area (Å²) in [5, 5.41) is 0. The summed E-state index contributed by atoms with van der Waals surface area (Å²) in [5.41, 5.74) is 2.07. The Morgan fingerprint density at radius 3 is 1.97 bits per heavy atom. The smallest absolute Gasteiger partial charge is 0.120 e. The third-order valence-corrected chi connectivity index (χ3v) is 6.42. The maximum atomic E-state index is 6.42. The zero-order chi connectivity index (χ0) is 22.1. The lowest BCUT2D eigenvalue weighted by Gasteiger charge is -2.46. The summed E-state index contributed by atoms with van der Waals surface area (Å²) in [7, 11) is 0. The Labute approximate surface area is 181 Å². The van der Waals surface area contributed by atoms with Crippen LogP contribution in [-0.4, -0.2) is 28.6 Å². The zero-order valence-corrected chi connectivity index (χ0v) is 21.0. The first-order chi connectivity index (χ1) is 13.1. The molecule has 1 saturated heterocycles. The number of nitrogens with zero attached hydrogens (tertiary/aromatic N) is 1. The van der Waals surface area contributed by atoms with Crippen LogP contribution in [-0.2, 0) is 6.42 Å². The van der Waals surface area contributed by atoms with E-state index >= 15 is 0 Å². The molecule has 2 heteroatoms. The van der Waals surface area contributed by atoms with E-state index in [2.05, 4.69) is 98.4 Å². The molecule has 1 aliphatic heterocycles. The second kappa shape index (κ2) is 8.61. The van der Waals surface area contributed by atoms with Gasteiger partial charge in [0.05, 0.1) is 0 Å². The predicted octanol–water partition coefficient (Wildman–Crippen LogP) is 7.50. The van der Waals surface area contributed by atoms with Crippen LogP contribution < -0.4 is 4.74 Å². The second-order valence-corrected chi connectivity index (χ2v) is 12.8. The highest BCUT2D eigenvalue weighted by Gasteiger charge is 2.41. The monoisotopic (exact) mass is 401 g/mol. The van der Waals surface area contributed by atoms with Crippen LogP contribution in [0.4, 0.5) is 0 Å². The van der Waals surface area contributed by atoms with Crippen LogP contribution in [0.15, 0.2) is 24.3 Å². The van der Waals surface area contributed by atoms with E-state index in [-0.39, 0.29) is 11.1 Å². The molecule has 0 amide bonds. The molecule has 1 atom stereocenters. The fourth-order valence-electron chi connectivity index (χ4n) is 4.80. The quantitative estimate of drug-likeness (QED) is 0.469. The topological polar surface area (TPSA) is 12.5 Å². The lowest BCUT2D eigenvalue weighted by atomic mass is 9.82. The van der Waals surface area contributed by atoms with E-state index in [0.29, 0.717) is 16.9 Å². The van der Waals surface area contributed by atoms with E-state index in [1.807, 2.05) is 0 Å². The molecule has 1 aromatic rings. The number of likely N-dealkylation sites (tertiary alicyclic amines) is 1. The van der Waals surface area contributed by atoms with Gasteiger partial charge in [0.25, 0.3) is 0 Å². The van der Waals surface area contributed by atoms with Crippen molar-refractivity contribution in [1.29, 1.82) is 0 Å². The molecular formula is C27H47NO. The fraction of sp³-hybridized carbons (Fsp3) is 0.778. The minimum atomic E-state index is -0.167. The van der Waals surface area contributed by atoms with Crippen molar-refractivity contribution < 1.29 is 4.74 Å². The van der Waals surface area contributed by atoms with Crippen LogP contribution in [0.1, 0.15) is 100 Å². The molecule has 2 rings (SSSR count). The highest BCUT2D eigenvalue weighted by molar-refractivity contribution is 5.28. The molecule has 1 fully saturated rings. The molecule has 0 spiro atoms. The van der Waals surface area contributed by atoms with Gasteiger partial charge < -0.3 is 4.74 Å². The Bertz CT molecular complexity index is 643. The number of hydrogen-bond acceptors (Lipinski definition) is 2. The largest absolute Gasteiger partial charge is 0.488 e. The van der Waals surface area contributed by atoms with Crippen LogP contribution in [0.5, 0.6) is 5.75 Å². The molecule has 0 aromatic heterocycles. The van der Waals surface area contributed by atoms with Gasteiger partial charge in [0.1, 0.15) is 11.4 Å². The molecule has 0 aliphatic carbocycles. The van der Waals surface area contributed by atoms with Crippen molar-refractivity contribution in [2.75, 3.05) is 6.54 Å². The van der Waals surface area contributed by atoms with Crippen molar-refractivity contribution in [3.63, 3.8) is 0 Å².